The highest BCUT2D eigenvalue weighted by atomic mass is 31.2. The monoisotopic (exact) mass is 310 g/mol. The van der Waals surface area contributed by atoms with Gasteiger partial charge >= 0.3 is 7.60 Å². The first-order chi connectivity index (χ1) is 10.2. The first kappa shape index (κ1) is 16.2. The fraction of sp³-hybridized carbons (Fsp3) is 0.533. The predicted molar refractivity (Wildman–Crippen MR) is 86.0 cm³/mol. The Morgan fingerprint density at radius 1 is 1.14 bits per heavy atom. The molecule has 0 radical (unpaired) electrons. The van der Waals surface area contributed by atoms with Gasteiger partial charge in [-0.05, 0) is 25.0 Å². The molecule has 0 bridgehead atoms. The van der Waals surface area contributed by atoms with Crippen LogP contribution in [0.2, 0.25) is 0 Å². The zero-order chi connectivity index (χ0) is 15.1. The summed E-state index contributed by atoms with van der Waals surface area (Å²) >= 11 is 0. The van der Waals surface area contributed by atoms with Crippen molar-refractivity contribution in [3.05, 3.63) is 30.3 Å². The highest BCUT2D eigenvalue weighted by Crippen LogP contribution is 2.48. The molecule has 0 aliphatic heterocycles. The molecule has 1 N–H and O–H groups in total. The average molecular weight is 310 g/mol. The van der Waals surface area contributed by atoms with E-state index in [2.05, 4.69) is 10.3 Å². The summed E-state index contributed by atoms with van der Waals surface area (Å²) in [7, 11) is -0.620. The molecule has 0 heterocycles. The zero-order valence-electron chi connectivity index (χ0n) is 12.6. The Bertz CT molecular complexity index is 505. The van der Waals surface area contributed by atoms with Crippen LogP contribution in [-0.2, 0) is 13.6 Å². The normalized spacial score (nSPS) is 17.7. The first-order valence-electron chi connectivity index (χ1n) is 7.30. The second kappa shape index (κ2) is 7.74. The highest BCUT2D eigenvalue weighted by Gasteiger charge is 2.31. The van der Waals surface area contributed by atoms with Crippen LogP contribution in [-0.4, -0.2) is 25.8 Å². The Morgan fingerprint density at radius 2 is 1.76 bits per heavy atom. The summed E-state index contributed by atoms with van der Waals surface area (Å²) in [6.07, 6.45) is 5.62. The molecule has 0 spiro atoms. The average Bonchev–Trinajstić information content (AvgIpc) is 2.55. The number of amidine groups is 1. The third-order valence-corrected chi connectivity index (χ3v) is 5.36. The van der Waals surface area contributed by atoms with Crippen molar-refractivity contribution in [3.63, 3.8) is 0 Å². The summed E-state index contributed by atoms with van der Waals surface area (Å²) in [5.41, 5.74) is 1.12. The third-order valence-electron chi connectivity index (χ3n) is 3.65. The smallest absolute Gasteiger partial charge is 0.334 e. The minimum absolute atomic E-state index is 0.184. The van der Waals surface area contributed by atoms with E-state index < -0.39 is 7.60 Å². The van der Waals surface area contributed by atoms with Crippen molar-refractivity contribution in [1.82, 2.24) is 0 Å². The van der Waals surface area contributed by atoms with E-state index in [0.717, 1.165) is 31.4 Å². The van der Waals surface area contributed by atoms with Crippen molar-refractivity contribution in [1.29, 1.82) is 0 Å². The van der Waals surface area contributed by atoms with Gasteiger partial charge in [0.25, 0.3) is 0 Å². The molecule has 0 amide bonds. The van der Waals surface area contributed by atoms with Gasteiger partial charge in [-0.3, -0.25) is 9.56 Å². The highest BCUT2D eigenvalue weighted by molar-refractivity contribution is 7.72. The lowest BCUT2D eigenvalue weighted by molar-refractivity contribution is 0.290. The Balaban J connectivity index is 2.25. The molecule has 21 heavy (non-hydrogen) atoms. The number of benzene rings is 1. The Hall–Kier alpha value is -1.16. The Labute approximate surface area is 126 Å². The maximum atomic E-state index is 12.7. The molecular formula is C15H23N2O3P. The number of nitrogens with zero attached hydrogens (tertiary/aromatic N) is 1. The van der Waals surface area contributed by atoms with Crippen molar-refractivity contribution in [2.45, 2.75) is 38.1 Å². The van der Waals surface area contributed by atoms with Gasteiger partial charge in [-0.1, -0.05) is 37.5 Å². The maximum absolute atomic E-state index is 12.7. The minimum Gasteiger partial charge on any atom is -0.334 e. The Morgan fingerprint density at radius 3 is 2.33 bits per heavy atom. The van der Waals surface area contributed by atoms with Crippen molar-refractivity contribution in [2.24, 2.45) is 4.99 Å². The fourth-order valence-electron chi connectivity index (χ4n) is 2.45. The van der Waals surface area contributed by atoms with E-state index in [-0.39, 0.29) is 6.04 Å². The van der Waals surface area contributed by atoms with Gasteiger partial charge in [0.05, 0.1) is 6.04 Å². The lowest BCUT2D eigenvalue weighted by atomic mass is 9.96. The number of aliphatic imine (C=N–C) groups is 1. The second-order valence-electron chi connectivity index (χ2n) is 5.10. The number of nitrogens with one attached hydrogen (secondary N) is 1. The maximum Gasteiger partial charge on any atom is 0.395 e. The van der Waals surface area contributed by atoms with E-state index in [4.69, 9.17) is 9.05 Å². The first-order valence-corrected chi connectivity index (χ1v) is 8.84. The molecule has 1 aliphatic carbocycles. The van der Waals surface area contributed by atoms with Gasteiger partial charge in [0.15, 0.2) is 0 Å². The van der Waals surface area contributed by atoms with Crippen LogP contribution < -0.4 is 5.32 Å². The van der Waals surface area contributed by atoms with Crippen LogP contribution in [0, 0.1) is 0 Å². The number of hydrogen-bond acceptors (Lipinski definition) is 4. The molecule has 0 atom stereocenters. The van der Waals surface area contributed by atoms with Crippen LogP contribution in [0.3, 0.4) is 0 Å². The molecule has 0 saturated heterocycles. The van der Waals surface area contributed by atoms with Crippen LogP contribution in [0.15, 0.2) is 35.3 Å². The molecule has 5 nitrogen and oxygen atoms in total. The molecule has 0 unspecified atom stereocenters. The topological polar surface area (TPSA) is 59.9 Å². The molecule has 2 rings (SSSR count). The SMILES string of the molecule is COP(=O)(OC)C(=NC1CCCCC1)Nc1ccccc1. The lowest BCUT2D eigenvalue weighted by Crippen LogP contribution is -2.20. The van der Waals surface area contributed by atoms with Gasteiger partial charge in [-0.25, -0.2) is 0 Å². The van der Waals surface area contributed by atoms with Gasteiger partial charge in [-0.2, -0.15) is 0 Å². The van der Waals surface area contributed by atoms with Crippen molar-refractivity contribution in [3.8, 4) is 0 Å². The van der Waals surface area contributed by atoms with Crippen LogP contribution in [0.25, 0.3) is 0 Å². The van der Waals surface area contributed by atoms with Crippen LogP contribution >= 0.6 is 7.60 Å². The lowest BCUT2D eigenvalue weighted by Gasteiger charge is -2.22. The summed E-state index contributed by atoms with van der Waals surface area (Å²) in [6.45, 7) is 0. The van der Waals surface area contributed by atoms with Gasteiger partial charge in [-0.15, -0.1) is 0 Å². The molecule has 6 heteroatoms. The van der Waals surface area contributed by atoms with E-state index in [1.807, 2.05) is 30.3 Å². The third kappa shape index (κ3) is 4.40. The van der Waals surface area contributed by atoms with Crippen LogP contribution in [0.5, 0.6) is 0 Å². The van der Waals surface area contributed by atoms with E-state index in [0.29, 0.717) is 5.58 Å². The van der Waals surface area contributed by atoms with E-state index >= 15 is 0 Å². The Kier molecular flexibility index (Phi) is 5.97. The number of para-hydroxylation sites is 1. The summed E-state index contributed by atoms with van der Waals surface area (Å²) in [4.78, 5) is 4.64. The largest absolute Gasteiger partial charge is 0.395 e. The molecule has 1 aliphatic rings. The molecule has 116 valence electrons. The van der Waals surface area contributed by atoms with Gasteiger partial charge in [0.2, 0.25) is 5.58 Å². The second-order valence-corrected chi connectivity index (χ2v) is 7.25. The van der Waals surface area contributed by atoms with Crippen molar-refractivity contribution in [2.75, 3.05) is 19.5 Å². The van der Waals surface area contributed by atoms with Gasteiger partial charge < -0.3 is 14.4 Å². The quantitative estimate of drug-likeness (QED) is 0.501. The summed E-state index contributed by atoms with van der Waals surface area (Å²) in [5.74, 6) is 0. The summed E-state index contributed by atoms with van der Waals surface area (Å²) < 4.78 is 22.9. The number of hydrogen-bond donors (Lipinski definition) is 1. The van der Waals surface area contributed by atoms with Crippen molar-refractivity contribution < 1.29 is 13.6 Å². The molecule has 1 aromatic carbocycles. The number of anilines is 1. The molecule has 0 aromatic heterocycles. The van der Waals surface area contributed by atoms with Crippen molar-refractivity contribution >= 4 is 18.9 Å². The molecular weight excluding hydrogens is 287 g/mol. The molecule has 1 aromatic rings. The summed E-state index contributed by atoms with van der Waals surface area (Å²) in [5, 5.41) is 3.11. The standard InChI is InChI=1S/C15H23N2O3P/c1-19-21(18,20-2)15(16-13-9-5-3-6-10-13)17-14-11-7-4-8-12-14/h3,5-6,9-10,14H,4,7-8,11-12H2,1-2H3,(H,16,17). The van der Waals surface area contributed by atoms with Gasteiger partial charge in [0.1, 0.15) is 0 Å². The fourth-order valence-corrected chi connectivity index (χ4v) is 3.52. The minimum atomic E-state index is -3.38. The van der Waals surface area contributed by atoms with E-state index in [9.17, 15) is 4.57 Å². The van der Waals surface area contributed by atoms with E-state index in [1.165, 1.54) is 20.6 Å². The molecule has 1 saturated carbocycles. The summed E-state index contributed by atoms with van der Waals surface area (Å²) in [6, 6.07) is 9.72. The zero-order valence-corrected chi connectivity index (χ0v) is 13.5. The van der Waals surface area contributed by atoms with Crippen LogP contribution in [0.1, 0.15) is 32.1 Å². The predicted octanol–water partition coefficient (Wildman–Crippen LogP) is 4.27. The number of rotatable bonds is 5. The molecule has 1 fully saturated rings. The van der Waals surface area contributed by atoms with E-state index in [1.54, 1.807) is 0 Å². The van der Waals surface area contributed by atoms with Gasteiger partial charge in [0, 0.05) is 19.9 Å². The van der Waals surface area contributed by atoms with Crippen LogP contribution in [0.4, 0.5) is 5.69 Å².